The van der Waals surface area contributed by atoms with Crippen molar-refractivity contribution in [3.63, 3.8) is 0 Å². The number of rotatable bonds is 3. The Balaban J connectivity index is 2.56. The van der Waals surface area contributed by atoms with Crippen molar-refractivity contribution in [3.05, 3.63) is 52.2 Å². The molecule has 1 aromatic rings. The number of hydrogen-bond donors (Lipinski definition) is 3. The average molecular weight is 380 g/mol. The standard InChI is InChI=1S/C19H22ClNO5/c1-2-26-21-13-9-7-5-3-4-6-8-10-25-19(24)17-14(11-13)18(20)16(23)12-15(17)22/h4,6-7,9,11-12,21-23H,2-3,5,8,10H2,1H3/b6-4?,9-7?,13-11-. The second-order valence-corrected chi connectivity index (χ2v) is 5.91. The molecule has 1 aliphatic rings. The summed E-state index contributed by atoms with van der Waals surface area (Å²) in [5.74, 6) is -1.47. The first-order valence-corrected chi connectivity index (χ1v) is 8.75. The van der Waals surface area contributed by atoms with Crippen LogP contribution in [0.15, 0.2) is 36.1 Å². The monoisotopic (exact) mass is 379 g/mol. The lowest BCUT2D eigenvalue weighted by Crippen LogP contribution is -2.13. The Morgan fingerprint density at radius 2 is 1.92 bits per heavy atom. The molecule has 1 heterocycles. The molecular formula is C19H22ClNO5. The number of nitrogens with one attached hydrogen (secondary N) is 1. The highest BCUT2D eigenvalue weighted by atomic mass is 35.5. The van der Waals surface area contributed by atoms with Crippen LogP contribution in [0.2, 0.25) is 5.02 Å². The molecule has 0 aromatic heterocycles. The van der Waals surface area contributed by atoms with Crippen LogP contribution in [0.4, 0.5) is 0 Å². The fraction of sp³-hybridized carbons (Fsp3) is 0.316. The van der Waals surface area contributed by atoms with Crippen molar-refractivity contribution in [1.82, 2.24) is 5.48 Å². The van der Waals surface area contributed by atoms with E-state index in [0.717, 1.165) is 18.9 Å². The van der Waals surface area contributed by atoms with Crippen LogP contribution in [0.5, 0.6) is 11.5 Å². The van der Waals surface area contributed by atoms with Gasteiger partial charge in [-0.05, 0) is 38.3 Å². The van der Waals surface area contributed by atoms with Gasteiger partial charge in [0.15, 0.2) is 0 Å². The van der Waals surface area contributed by atoms with E-state index < -0.39 is 11.7 Å². The minimum absolute atomic E-state index is 0.0639. The minimum Gasteiger partial charge on any atom is -0.507 e. The van der Waals surface area contributed by atoms with Crippen molar-refractivity contribution in [3.8, 4) is 11.5 Å². The first-order chi connectivity index (χ1) is 12.5. The van der Waals surface area contributed by atoms with E-state index in [9.17, 15) is 15.0 Å². The van der Waals surface area contributed by atoms with Gasteiger partial charge in [-0.2, -0.15) is 0 Å². The number of ether oxygens (including phenoxy) is 1. The molecule has 0 amide bonds. The van der Waals surface area contributed by atoms with E-state index in [-0.39, 0.29) is 28.5 Å². The largest absolute Gasteiger partial charge is 0.507 e. The zero-order chi connectivity index (χ0) is 18.9. The molecule has 0 fully saturated rings. The number of fused-ring (bicyclic) bond motifs is 1. The normalized spacial score (nSPS) is 17.6. The maximum absolute atomic E-state index is 12.4. The van der Waals surface area contributed by atoms with Gasteiger partial charge < -0.3 is 14.9 Å². The van der Waals surface area contributed by atoms with Crippen molar-refractivity contribution in [2.45, 2.75) is 26.2 Å². The molecule has 0 aliphatic carbocycles. The maximum atomic E-state index is 12.4. The summed E-state index contributed by atoms with van der Waals surface area (Å²) in [6.07, 6.45) is 11.4. The van der Waals surface area contributed by atoms with Gasteiger partial charge in [0.05, 0.1) is 23.9 Å². The number of phenolic OH excluding ortho intramolecular Hbond substituents is 2. The fourth-order valence-electron chi connectivity index (χ4n) is 2.35. The lowest BCUT2D eigenvalue weighted by molar-refractivity contribution is 0.0508. The summed E-state index contributed by atoms with van der Waals surface area (Å²) in [6, 6.07) is 1.02. The molecule has 140 valence electrons. The highest BCUT2D eigenvalue weighted by molar-refractivity contribution is 6.34. The van der Waals surface area contributed by atoms with Gasteiger partial charge in [-0.3, -0.25) is 10.3 Å². The molecular weight excluding hydrogens is 358 g/mol. The highest BCUT2D eigenvalue weighted by Crippen LogP contribution is 2.37. The van der Waals surface area contributed by atoms with Gasteiger partial charge in [0, 0.05) is 11.6 Å². The number of hydrogen-bond acceptors (Lipinski definition) is 6. The minimum atomic E-state index is -0.721. The Kier molecular flexibility index (Phi) is 7.56. The van der Waals surface area contributed by atoms with Gasteiger partial charge in [-0.25, -0.2) is 4.79 Å². The third kappa shape index (κ3) is 5.28. The molecule has 0 bridgehead atoms. The Bertz CT molecular complexity index is 740. The predicted molar refractivity (Wildman–Crippen MR) is 99.9 cm³/mol. The summed E-state index contributed by atoms with van der Waals surface area (Å²) in [5, 5.41) is 20.0. The van der Waals surface area contributed by atoms with Crippen LogP contribution in [0.25, 0.3) is 6.08 Å². The smallest absolute Gasteiger partial charge is 0.342 e. The van der Waals surface area contributed by atoms with E-state index in [1.54, 1.807) is 6.08 Å². The Morgan fingerprint density at radius 1 is 1.19 bits per heavy atom. The second-order valence-electron chi connectivity index (χ2n) is 5.53. The molecule has 7 heteroatoms. The van der Waals surface area contributed by atoms with E-state index in [1.165, 1.54) is 6.08 Å². The number of hydroxylamine groups is 1. The summed E-state index contributed by atoms with van der Waals surface area (Å²) in [5.41, 5.74) is 3.30. The quantitative estimate of drug-likeness (QED) is 0.416. The topological polar surface area (TPSA) is 88.0 Å². The van der Waals surface area contributed by atoms with E-state index in [1.807, 2.05) is 25.2 Å². The Hall–Kier alpha value is -2.44. The molecule has 0 unspecified atom stereocenters. The number of carbonyl (C=O) groups is 1. The van der Waals surface area contributed by atoms with Crippen LogP contribution in [-0.2, 0) is 9.57 Å². The number of halogens is 1. The first kappa shape index (κ1) is 19.9. The molecule has 0 radical (unpaired) electrons. The molecule has 0 saturated carbocycles. The number of esters is 1. The number of aromatic hydroxyl groups is 2. The van der Waals surface area contributed by atoms with E-state index in [2.05, 4.69) is 5.48 Å². The summed E-state index contributed by atoms with van der Waals surface area (Å²) in [6.45, 7) is 2.42. The molecule has 0 atom stereocenters. The van der Waals surface area contributed by atoms with Crippen LogP contribution in [0.1, 0.15) is 42.1 Å². The summed E-state index contributed by atoms with van der Waals surface area (Å²) >= 11 is 6.18. The molecule has 26 heavy (non-hydrogen) atoms. The van der Waals surface area contributed by atoms with Gasteiger partial charge >= 0.3 is 5.97 Å². The van der Waals surface area contributed by atoms with Crippen LogP contribution in [0, 0.1) is 0 Å². The fourth-order valence-corrected chi connectivity index (χ4v) is 2.56. The number of carbonyl (C=O) groups excluding carboxylic acids is 1. The van der Waals surface area contributed by atoms with Crippen LogP contribution in [0.3, 0.4) is 0 Å². The Morgan fingerprint density at radius 3 is 2.69 bits per heavy atom. The van der Waals surface area contributed by atoms with E-state index in [4.69, 9.17) is 21.2 Å². The van der Waals surface area contributed by atoms with Gasteiger partial charge in [0.1, 0.15) is 17.1 Å². The van der Waals surface area contributed by atoms with Crippen LogP contribution >= 0.6 is 11.6 Å². The van der Waals surface area contributed by atoms with Crippen molar-refractivity contribution in [2.75, 3.05) is 13.2 Å². The van der Waals surface area contributed by atoms with E-state index >= 15 is 0 Å². The molecule has 1 aliphatic heterocycles. The zero-order valence-corrected chi connectivity index (χ0v) is 15.3. The average Bonchev–Trinajstić information content (AvgIpc) is 2.61. The van der Waals surface area contributed by atoms with Crippen molar-refractivity contribution in [1.29, 1.82) is 0 Å². The Labute approximate surface area is 157 Å². The zero-order valence-electron chi connectivity index (χ0n) is 14.5. The molecule has 6 nitrogen and oxygen atoms in total. The lowest BCUT2D eigenvalue weighted by Gasteiger charge is -2.13. The van der Waals surface area contributed by atoms with Gasteiger partial charge in [-0.15, -0.1) is 0 Å². The first-order valence-electron chi connectivity index (χ1n) is 8.37. The van der Waals surface area contributed by atoms with Gasteiger partial charge in [-0.1, -0.05) is 29.8 Å². The molecule has 3 N–H and O–H groups in total. The summed E-state index contributed by atoms with van der Waals surface area (Å²) in [4.78, 5) is 17.7. The third-order valence-electron chi connectivity index (χ3n) is 3.58. The summed E-state index contributed by atoms with van der Waals surface area (Å²) in [7, 11) is 0. The number of benzene rings is 1. The van der Waals surface area contributed by atoms with Crippen molar-refractivity contribution in [2.24, 2.45) is 0 Å². The van der Waals surface area contributed by atoms with Gasteiger partial charge in [0.2, 0.25) is 0 Å². The SMILES string of the molecule is CCON/C1=C\c2c(Cl)c(O)cc(O)c2C(=O)OCCC=CCCC=C1. The maximum Gasteiger partial charge on any atom is 0.342 e. The predicted octanol–water partition coefficient (Wildman–Crippen LogP) is 4.09. The lowest BCUT2D eigenvalue weighted by atomic mass is 10.0. The van der Waals surface area contributed by atoms with Crippen LogP contribution in [-0.4, -0.2) is 29.4 Å². The highest BCUT2D eigenvalue weighted by Gasteiger charge is 2.22. The van der Waals surface area contributed by atoms with E-state index in [0.29, 0.717) is 18.7 Å². The van der Waals surface area contributed by atoms with Crippen molar-refractivity contribution < 1.29 is 24.6 Å². The number of phenols is 2. The molecule has 1 aromatic carbocycles. The number of cyclic esters (lactones) is 1. The molecule has 0 saturated heterocycles. The number of allylic oxidation sites excluding steroid dienone is 3. The summed E-state index contributed by atoms with van der Waals surface area (Å²) < 4.78 is 5.22. The second kappa shape index (κ2) is 9.89. The van der Waals surface area contributed by atoms with Gasteiger partial charge in [0.25, 0.3) is 0 Å². The molecule has 0 spiro atoms. The van der Waals surface area contributed by atoms with Crippen LogP contribution < -0.4 is 5.48 Å². The van der Waals surface area contributed by atoms with Crippen molar-refractivity contribution >= 4 is 23.6 Å². The molecule has 2 rings (SSSR count). The third-order valence-corrected chi connectivity index (χ3v) is 3.98.